The maximum absolute atomic E-state index is 13.0. The number of halogens is 1. The maximum atomic E-state index is 13.0. The molecule has 0 heterocycles. The Morgan fingerprint density at radius 2 is 2.07 bits per heavy atom. The summed E-state index contributed by atoms with van der Waals surface area (Å²) in [6.07, 6.45) is 4.55. The van der Waals surface area contributed by atoms with E-state index in [1.165, 1.54) is 18.9 Å². The molecule has 0 saturated carbocycles. The number of rotatable bonds is 5. The van der Waals surface area contributed by atoms with Crippen LogP contribution < -0.4 is 5.73 Å². The summed E-state index contributed by atoms with van der Waals surface area (Å²) in [4.78, 5) is 0. The Kier molecular flexibility index (Phi) is 4.76. The van der Waals surface area contributed by atoms with Crippen molar-refractivity contribution in [3.63, 3.8) is 0 Å². The molecule has 1 rings (SSSR count). The normalized spacial score (nSPS) is 12.8. The van der Waals surface area contributed by atoms with Crippen molar-refractivity contribution < 1.29 is 4.39 Å². The number of benzene rings is 1. The fourth-order valence-electron chi connectivity index (χ4n) is 1.68. The lowest BCUT2D eigenvalue weighted by Crippen LogP contribution is -2.10. The van der Waals surface area contributed by atoms with Crippen molar-refractivity contribution in [2.75, 3.05) is 0 Å². The summed E-state index contributed by atoms with van der Waals surface area (Å²) in [5.74, 6) is -0.153. The van der Waals surface area contributed by atoms with E-state index < -0.39 is 0 Å². The van der Waals surface area contributed by atoms with Crippen LogP contribution >= 0.6 is 0 Å². The zero-order chi connectivity index (χ0) is 11.3. The van der Waals surface area contributed by atoms with E-state index >= 15 is 0 Å². The third-order valence-corrected chi connectivity index (χ3v) is 2.73. The molecule has 0 aliphatic heterocycles. The molecular weight excluding hydrogens is 189 g/mol. The van der Waals surface area contributed by atoms with Gasteiger partial charge in [-0.1, -0.05) is 38.3 Å². The lowest BCUT2D eigenvalue weighted by molar-refractivity contribution is 0.576. The molecule has 0 spiro atoms. The largest absolute Gasteiger partial charge is 0.324 e. The van der Waals surface area contributed by atoms with Crippen molar-refractivity contribution in [1.82, 2.24) is 0 Å². The molecule has 0 unspecified atom stereocenters. The zero-order valence-electron chi connectivity index (χ0n) is 9.59. The molecule has 0 aliphatic rings. The minimum atomic E-state index is -0.153. The standard InChI is InChI=1S/C13H20FN/c1-3-4-5-6-13(15)11-7-8-12(14)10(2)9-11/h7-9,13H,3-6,15H2,1-2H3/t13-/m1/s1. The van der Waals surface area contributed by atoms with E-state index in [-0.39, 0.29) is 11.9 Å². The van der Waals surface area contributed by atoms with Gasteiger partial charge in [0.1, 0.15) is 5.82 Å². The van der Waals surface area contributed by atoms with Crippen LogP contribution in [0.25, 0.3) is 0 Å². The van der Waals surface area contributed by atoms with Crippen LogP contribution in [0.3, 0.4) is 0 Å². The third-order valence-electron chi connectivity index (χ3n) is 2.73. The quantitative estimate of drug-likeness (QED) is 0.735. The molecule has 0 aliphatic carbocycles. The Morgan fingerprint density at radius 1 is 1.33 bits per heavy atom. The number of nitrogens with two attached hydrogens (primary N) is 1. The van der Waals surface area contributed by atoms with E-state index in [1.54, 1.807) is 13.0 Å². The summed E-state index contributed by atoms with van der Waals surface area (Å²) < 4.78 is 13.0. The highest BCUT2D eigenvalue weighted by molar-refractivity contribution is 5.26. The first-order valence-corrected chi connectivity index (χ1v) is 5.66. The van der Waals surface area contributed by atoms with Gasteiger partial charge in [-0.2, -0.15) is 0 Å². The molecule has 0 fully saturated rings. The molecule has 0 aromatic heterocycles. The summed E-state index contributed by atoms with van der Waals surface area (Å²) in [5, 5.41) is 0. The van der Waals surface area contributed by atoms with Gasteiger partial charge < -0.3 is 5.73 Å². The van der Waals surface area contributed by atoms with Gasteiger partial charge in [0, 0.05) is 6.04 Å². The molecule has 0 bridgehead atoms. The Morgan fingerprint density at radius 3 is 2.67 bits per heavy atom. The van der Waals surface area contributed by atoms with E-state index in [9.17, 15) is 4.39 Å². The van der Waals surface area contributed by atoms with E-state index in [0.29, 0.717) is 5.56 Å². The van der Waals surface area contributed by atoms with Gasteiger partial charge in [-0.05, 0) is 30.5 Å². The van der Waals surface area contributed by atoms with Gasteiger partial charge >= 0.3 is 0 Å². The van der Waals surface area contributed by atoms with Crippen LogP contribution in [0.5, 0.6) is 0 Å². The van der Waals surface area contributed by atoms with Crippen molar-refractivity contribution in [3.8, 4) is 0 Å². The fraction of sp³-hybridized carbons (Fsp3) is 0.538. The van der Waals surface area contributed by atoms with Crippen LogP contribution in [0.15, 0.2) is 18.2 Å². The molecule has 1 atom stereocenters. The highest BCUT2D eigenvalue weighted by Crippen LogP contribution is 2.19. The summed E-state index contributed by atoms with van der Waals surface area (Å²) in [6, 6.07) is 5.20. The Labute approximate surface area is 91.5 Å². The van der Waals surface area contributed by atoms with Gasteiger partial charge in [0.15, 0.2) is 0 Å². The van der Waals surface area contributed by atoms with Crippen LogP contribution in [-0.2, 0) is 0 Å². The van der Waals surface area contributed by atoms with Crippen LogP contribution in [-0.4, -0.2) is 0 Å². The molecule has 1 aromatic carbocycles. The van der Waals surface area contributed by atoms with Crippen molar-refractivity contribution in [2.24, 2.45) is 5.73 Å². The van der Waals surface area contributed by atoms with Crippen molar-refractivity contribution >= 4 is 0 Å². The summed E-state index contributed by atoms with van der Waals surface area (Å²) in [7, 11) is 0. The summed E-state index contributed by atoms with van der Waals surface area (Å²) in [6.45, 7) is 3.95. The lowest BCUT2D eigenvalue weighted by Gasteiger charge is -2.12. The highest BCUT2D eigenvalue weighted by atomic mass is 19.1. The minimum Gasteiger partial charge on any atom is -0.324 e. The molecule has 2 N–H and O–H groups in total. The lowest BCUT2D eigenvalue weighted by atomic mass is 10.00. The van der Waals surface area contributed by atoms with Gasteiger partial charge in [0.25, 0.3) is 0 Å². The van der Waals surface area contributed by atoms with Crippen LogP contribution in [0.4, 0.5) is 4.39 Å². The van der Waals surface area contributed by atoms with E-state index in [1.807, 2.05) is 6.07 Å². The number of hydrogen-bond acceptors (Lipinski definition) is 1. The monoisotopic (exact) mass is 209 g/mol. The van der Waals surface area contributed by atoms with Gasteiger partial charge in [-0.3, -0.25) is 0 Å². The second-order valence-corrected chi connectivity index (χ2v) is 4.11. The summed E-state index contributed by atoms with van der Waals surface area (Å²) >= 11 is 0. The number of aryl methyl sites for hydroxylation is 1. The molecule has 0 amide bonds. The zero-order valence-corrected chi connectivity index (χ0v) is 9.59. The molecule has 15 heavy (non-hydrogen) atoms. The second-order valence-electron chi connectivity index (χ2n) is 4.11. The van der Waals surface area contributed by atoms with Crippen LogP contribution in [0.2, 0.25) is 0 Å². The number of unbranched alkanes of at least 4 members (excludes halogenated alkanes) is 2. The van der Waals surface area contributed by atoms with Gasteiger partial charge in [0.2, 0.25) is 0 Å². The van der Waals surface area contributed by atoms with Gasteiger partial charge in [0.05, 0.1) is 0 Å². The van der Waals surface area contributed by atoms with Crippen LogP contribution in [0, 0.1) is 12.7 Å². The smallest absolute Gasteiger partial charge is 0.126 e. The van der Waals surface area contributed by atoms with Crippen molar-refractivity contribution in [2.45, 2.75) is 45.6 Å². The highest BCUT2D eigenvalue weighted by Gasteiger charge is 2.07. The maximum Gasteiger partial charge on any atom is 0.126 e. The van der Waals surface area contributed by atoms with Gasteiger partial charge in [-0.25, -0.2) is 4.39 Å². The summed E-state index contributed by atoms with van der Waals surface area (Å²) in [5.41, 5.74) is 7.76. The molecule has 1 nitrogen and oxygen atoms in total. The Hall–Kier alpha value is -0.890. The first-order chi connectivity index (χ1) is 7.15. The fourth-order valence-corrected chi connectivity index (χ4v) is 1.68. The van der Waals surface area contributed by atoms with E-state index in [4.69, 9.17) is 5.73 Å². The molecule has 1 aromatic rings. The molecular formula is C13H20FN. The molecule has 0 radical (unpaired) electrons. The average Bonchev–Trinajstić information content (AvgIpc) is 2.22. The third kappa shape index (κ3) is 3.63. The Balaban J connectivity index is 2.57. The first kappa shape index (κ1) is 12.2. The van der Waals surface area contributed by atoms with Crippen molar-refractivity contribution in [3.05, 3.63) is 35.1 Å². The second kappa shape index (κ2) is 5.86. The van der Waals surface area contributed by atoms with Crippen LogP contribution in [0.1, 0.15) is 49.8 Å². The topological polar surface area (TPSA) is 26.0 Å². The van der Waals surface area contributed by atoms with Gasteiger partial charge in [-0.15, -0.1) is 0 Å². The molecule has 2 heteroatoms. The predicted octanol–water partition coefficient (Wildman–Crippen LogP) is 3.71. The average molecular weight is 209 g/mol. The van der Waals surface area contributed by atoms with Crippen molar-refractivity contribution in [1.29, 1.82) is 0 Å². The minimum absolute atomic E-state index is 0.0517. The Bertz CT molecular complexity index is 309. The SMILES string of the molecule is CCCCC[C@@H](N)c1ccc(F)c(C)c1. The molecule has 84 valence electrons. The van der Waals surface area contributed by atoms with E-state index in [2.05, 4.69) is 6.92 Å². The van der Waals surface area contributed by atoms with E-state index in [0.717, 1.165) is 18.4 Å². The molecule has 0 saturated heterocycles. The predicted molar refractivity (Wildman–Crippen MR) is 62.2 cm³/mol. The first-order valence-electron chi connectivity index (χ1n) is 5.66. The number of hydrogen-bond donors (Lipinski definition) is 1.